The van der Waals surface area contributed by atoms with E-state index in [4.69, 9.17) is 28.4 Å². The van der Waals surface area contributed by atoms with Crippen LogP contribution in [0.3, 0.4) is 0 Å². The van der Waals surface area contributed by atoms with Crippen molar-refractivity contribution in [1.29, 1.82) is 0 Å². The molecule has 0 aliphatic carbocycles. The van der Waals surface area contributed by atoms with Gasteiger partial charge in [-0.05, 0) is 39.5 Å². The lowest BCUT2D eigenvalue weighted by atomic mass is 10.0. The molecule has 3 aromatic rings. The second kappa shape index (κ2) is 17.1. The Kier molecular flexibility index (Phi) is 13.4. The van der Waals surface area contributed by atoms with Crippen LogP contribution >= 0.6 is 0 Å². The van der Waals surface area contributed by atoms with Crippen molar-refractivity contribution in [3.8, 4) is 11.5 Å². The number of hydrogen-bond donors (Lipinski definition) is 0. The zero-order valence-corrected chi connectivity index (χ0v) is 22.0. The van der Waals surface area contributed by atoms with E-state index in [1.54, 1.807) is 0 Å². The number of benzene rings is 3. The summed E-state index contributed by atoms with van der Waals surface area (Å²) in [6.07, 6.45) is 3.78. The molecule has 0 saturated carbocycles. The van der Waals surface area contributed by atoms with Crippen LogP contribution in [0.15, 0.2) is 48.5 Å². The molecule has 6 nitrogen and oxygen atoms in total. The lowest BCUT2D eigenvalue weighted by molar-refractivity contribution is 0.0504. The first-order chi connectivity index (χ1) is 17.9. The van der Waals surface area contributed by atoms with E-state index in [2.05, 4.69) is 48.5 Å². The predicted octanol–water partition coefficient (Wildman–Crippen LogP) is 6.42. The Morgan fingerprint density at radius 1 is 0.417 bits per heavy atom. The molecule has 0 saturated heterocycles. The Balaban J connectivity index is 1.58. The molecule has 0 fully saturated rings. The van der Waals surface area contributed by atoms with Crippen LogP contribution in [0, 0.1) is 0 Å². The molecule has 0 amide bonds. The summed E-state index contributed by atoms with van der Waals surface area (Å²) in [6, 6.07) is 16.7. The van der Waals surface area contributed by atoms with Gasteiger partial charge in [0.15, 0.2) is 0 Å². The first kappa shape index (κ1) is 28.2. The summed E-state index contributed by atoms with van der Waals surface area (Å²) in [7, 11) is 0. The van der Waals surface area contributed by atoms with Crippen molar-refractivity contribution in [3.05, 3.63) is 48.5 Å². The van der Waals surface area contributed by atoms with Crippen molar-refractivity contribution in [2.75, 3.05) is 66.1 Å². The highest BCUT2D eigenvalue weighted by atomic mass is 16.5. The van der Waals surface area contributed by atoms with Gasteiger partial charge in [0.25, 0.3) is 0 Å². The Morgan fingerprint density at radius 2 is 0.750 bits per heavy atom. The molecule has 3 rings (SSSR count). The third-order valence-electron chi connectivity index (χ3n) is 5.84. The van der Waals surface area contributed by atoms with Gasteiger partial charge >= 0.3 is 0 Å². The molecule has 0 N–H and O–H groups in total. The maximum absolute atomic E-state index is 6.37. The van der Waals surface area contributed by atoms with Crippen molar-refractivity contribution >= 4 is 21.5 Å². The van der Waals surface area contributed by atoms with Crippen LogP contribution in [0.4, 0.5) is 0 Å². The van der Waals surface area contributed by atoms with Crippen molar-refractivity contribution in [3.63, 3.8) is 0 Å². The van der Waals surface area contributed by atoms with E-state index in [1.165, 1.54) is 0 Å². The zero-order valence-electron chi connectivity index (χ0n) is 22.0. The molecule has 0 atom stereocenters. The smallest absolute Gasteiger partial charge is 0.135 e. The van der Waals surface area contributed by atoms with Crippen LogP contribution in [0.25, 0.3) is 21.5 Å². The van der Waals surface area contributed by atoms with Crippen molar-refractivity contribution < 1.29 is 28.4 Å². The van der Waals surface area contributed by atoms with Crippen LogP contribution in [0.2, 0.25) is 0 Å². The average Bonchev–Trinajstić information content (AvgIpc) is 2.91. The van der Waals surface area contributed by atoms with Gasteiger partial charge in [0.05, 0.1) is 39.6 Å². The molecule has 6 heteroatoms. The normalized spacial score (nSPS) is 11.4. The topological polar surface area (TPSA) is 55.4 Å². The summed E-state index contributed by atoms with van der Waals surface area (Å²) in [4.78, 5) is 0. The van der Waals surface area contributed by atoms with Crippen molar-refractivity contribution in [1.82, 2.24) is 0 Å². The second-order valence-electron chi connectivity index (χ2n) is 8.48. The first-order valence-electron chi connectivity index (χ1n) is 13.4. The van der Waals surface area contributed by atoms with Crippen LogP contribution in [-0.4, -0.2) is 66.1 Å². The van der Waals surface area contributed by atoms with Gasteiger partial charge in [0.1, 0.15) is 11.5 Å². The summed E-state index contributed by atoms with van der Waals surface area (Å²) in [6.45, 7) is 10.8. The summed E-state index contributed by atoms with van der Waals surface area (Å²) in [5, 5.41) is 4.33. The van der Waals surface area contributed by atoms with E-state index < -0.39 is 0 Å². The summed E-state index contributed by atoms with van der Waals surface area (Å²) >= 11 is 0. The number of hydrogen-bond acceptors (Lipinski definition) is 6. The third kappa shape index (κ3) is 8.93. The van der Waals surface area contributed by atoms with Crippen LogP contribution in [0.1, 0.15) is 39.5 Å². The maximum atomic E-state index is 6.37. The molecular weight excluding hydrogens is 456 g/mol. The minimum Gasteiger partial charge on any atom is -0.492 e. The fourth-order valence-corrected chi connectivity index (χ4v) is 4.05. The average molecular weight is 499 g/mol. The van der Waals surface area contributed by atoms with Gasteiger partial charge in [-0.3, -0.25) is 0 Å². The van der Waals surface area contributed by atoms with Gasteiger partial charge in [0, 0.05) is 48.0 Å². The van der Waals surface area contributed by atoms with E-state index in [-0.39, 0.29) is 0 Å². The molecule has 0 heterocycles. The fraction of sp³-hybridized carbons (Fsp3) is 0.533. The van der Waals surface area contributed by atoms with Gasteiger partial charge < -0.3 is 28.4 Å². The van der Waals surface area contributed by atoms with Gasteiger partial charge in [-0.15, -0.1) is 0 Å². The quantitative estimate of drug-likeness (QED) is 0.132. The number of unbranched alkanes of at least 4 members (excludes halogenated alkanes) is 2. The second-order valence-corrected chi connectivity index (χ2v) is 8.48. The van der Waals surface area contributed by atoms with Crippen LogP contribution < -0.4 is 9.47 Å². The maximum Gasteiger partial charge on any atom is 0.135 e. The zero-order chi connectivity index (χ0) is 25.3. The lowest BCUT2D eigenvalue weighted by Gasteiger charge is -2.18. The number of ether oxygens (including phenoxy) is 6. The Bertz CT molecular complexity index is 868. The molecule has 3 aromatic carbocycles. The SMILES string of the molecule is CCOCCOCCCCOc1c2ccccc2c(OCCCCOCCOCC)c2ccccc12. The summed E-state index contributed by atoms with van der Waals surface area (Å²) < 4.78 is 34.6. The van der Waals surface area contributed by atoms with E-state index in [9.17, 15) is 0 Å². The molecule has 36 heavy (non-hydrogen) atoms. The molecule has 0 aliphatic heterocycles. The van der Waals surface area contributed by atoms with Crippen molar-refractivity contribution in [2.45, 2.75) is 39.5 Å². The third-order valence-corrected chi connectivity index (χ3v) is 5.84. The fourth-order valence-electron chi connectivity index (χ4n) is 4.05. The summed E-state index contributed by atoms with van der Waals surface area (Å²) in [5.74, 6) is 1.85. The van der Waals surface area contributed by atoms with E-state index in [0.29, 0.717) is 39.6 Å². The van der Waals surface area contributed by atoms with Crippen LogP contribution in [0.5, 0.6) is 11.5 Å². The van der Waals surface area contributed by atoms with Gasteiger partial charge in [0.2, 0.25) is 0 Å². The predicted molar refractivity (Wildman–Crippen MR) is 146 cm³/mol. The molecular formula is C30H42O6. The molecule has 0 spiro atoms. The Labute approximate surface area is 215 Å². The standard InChI is InChI=1S/C30H42O6/c1-3-31-21-23-33-17-9-11-19-35-29-25-13-5-7-15-27(25)30(28-16-8-6-14-26(28)29)36-20-12-10-18-34-24-22-32-4-2/h5-8,13-16H,3-4,9-12,17-24H2,1-2H3. The summed E-state index contributed by atoms with van der Waals surface area (Å²) in [5.41, 5.74) is 0. The lowest BCUT2D eigenvalue weighted by Crippen LogP contribution is -2.07. The minimum absolute atomic E-state index is 0.645. The van der Waals surface area contributed by atoms with Gasteiger partial charge in [-0.1, -0.05) is 48.5 Å². The van der Waals surface area contributed by atoms with Crippen LogP contribution in [-0.2, 0) is 18.9 Å². The van der Waals surface area contributed by atoms with E-state index >= 15 is 0 Å². The number of rotatable bonds is 20. The minimum atomic E-state index is 0.645. The molecule has 198 valence electrons. The molecule has 0 aliphatic rings. The highest BCUT2D eigenvalue weighted by molar-refractivity contribution is 6.11. The highest BCUT2D eigenvalue weighted by Gasteiger charge is 2.15. The number of fused-ring (bicyclic) bond motifs is 2. The molecule has 0 radical (unpaired) electrons. The van der Waals surface area contributed by atoms with Crippen molar-refractivity contribution in [2.24, 2.45) is 0 Å². The highest BCUT2D eigenvalue weighted by Crippen LogP contribution is 2.42. The molecule has 0 bridgehead atoms. The van der Waals surface area contributed by atoms with E-state index in [0.717, 1.165) is 85.2 Å². The Hall–Kier alpha value is -2.38. The van der Waals surface area contributed by atoms with Gasteiger partial charge in [-0.2, -0.15) is 0 Å². The Morgan fingerprint density at radius 3 is 1.11 bits per heavy atom. The largest absolute Gasteiger partial charge is 0.492 e. The molecule has 0 aromatic heterocycles. The first-order valence-corrected chi connectivity index (χ1v) is 13.4. The molecule has 0 unspecified atom stereocenters. The monoisotopic (exact) mass is 498 g/mol. The van der Waals surface area contributed by atoms with E-state index in [1.807, 2.05) is 13.8 Å². The van der Waals surface area contributed by atoms with Gasteiger partial charge in [-0.25, -0.2) is 0 Å².